The van der Waals surface area contributed by atoms with Crippen molar-refractivity contribution in [3.05, 3.63) is 29.8 Å². The van der Waals surface area contributed by atoms with E-state index in [1.54, 1.807) is 0 Å². The van der Waals surface area contributed by atoms with Gasteiger partial charge in [-0.1, -0.05) is 12.1 Å². The highest BCUT2D eigenvalue weighted by Crippen LogP contribution is 2.21. The minimum absolute atomic E-state index is 0.0878. The third-order valence-corrected chi connectivity index (χ3v) is 1.76. The van der Waals surface area contributed by atoms with E-state index in [2.05, 4.69) is 4.74 Å². The zero-order valence-corrected chi connectivity index (χ0v) is 7.54. The van der Waals surface area contributed by atoms with Crippen molar-refractivity contribution in [2.45, 2.75) is 19.1 Å². The Morgan fingerprint density at radius 1 is 1.00 bits per heavy atom. The lowest BCUT2D eigenvalue weighted by molar-refractivity contribution is -0.0498. The maximum Gasteiger partial charge on any atom is 0.387 e. The van der Waals surface area contributed by atoms with Crippen molar-refractivity contribution in [1.82, 2.24) is 0 Å². The van der Waals surface area contributed by atoms with Crippen LogP contribution in [0.25, 0.3) is 0 Å². The molecular weight excluding hydrogens is 214 g/mol. The van der Waals surface area contributed by atoms with Gasteiger partial charge >= 0.3 is 6.61 Å². The van der Waals surface area contributed by atoms with E-state index in [0.717, 1.165) is 0 Å². The largest absolute Gasteiger partial charge is 0.435 e. The fourth-order valence-electron chi connectivity index (χ4n) is 1.02. The third kappa shape index (κ3) is 3.39. The number of benzene rings is 1. The average molecular weight is 223 g/mol. The van der Waals surface area contributed by atoms with Gasteiger partial charge in [0.2, 0.25) is 0 Å². The first-order valence-corrected chi connectivity index (χ1v) is 4.09. The Bertz CT molecular complexity index is 301. The van der Waals surface area contributed by atoms with Crippen molar-refractivity contribution in [3.63, 3.8) is 0 Å². The van der Waals surface area contributed by atoms with Crippen LogP contribution in [0.5, 0.6) is 5.75 Å². The summed E-state index contributed by atoms with van der Waals surface area (Å²) in [6.45, 7) is -2.93. The van der Waals surface area contributed by atoms with Gasteiger partial charge < -0.3 is 10.5 Å². The number of nitrogens with two attached hydrogens (primary N) is 1. The van der Waals surface area contributed by atoms with Crippen LogP contribution in [0, 0.1) is 0 Å². The topological polar surface area (TPSA) is 35.2 Å². The highest BCUT2D eigenvalue weighted by molar-refractivity contribution is 5.29. The van der Waals surface area contributed by atoms with Crippen molar-refractivity contribution in [2.24, 2.45) is 5.73 Å². The number of alkyl halides is 4. The van der Waals surface area contributed by atoms with Crippen molar-refractivity contribution in [1.29, 1.82) is 0 Å². The van der Waals surface area contributed by atoms with Gasteiger partial charge in [-0.25, -0.2) is 8.78 Å². The molecule has 2 nitrogen and oxygen atoms in total. The predicted octanol–water partition coefficient (Wildman–Crippen LogP) is 2.55. The first-order chi connectivity index (χ1) is 7.00. The molecule has 0 spiro atoms. The third-order valence-electron chi connectivity index (χ3n) is 1.76. The maximum atomic E-state index is 12.1. The molecule has 0 fully saturated rings. The number of hydrogen-bond acceptors (Lipinski definition) is 2. The van der Waals surface area contributed by atoms with Gasteiger partial charge in [-0.05, 0) is 17.7 Å². The van der Waals surface area contributed by atoms with Gasteiger partial charge in [0.15, 0.2) is 0 Å². The smallest absolute Gasteiger partial charge is 0.387 e. The number of hydrogen-bond donors (Lipinski definition) is 1. The quantitative estimate of drug-likeness (QED) is 0.796. The van der Waals surface area contributed by atoms with Gasteiger partial charge in [0.05, 0.1) is 6.04 Å². The summed E-state index contributed by atoms with van der Waals surface area (Å²) in [5.74, 6) is -0.0878. The second-order valence-electron chi connectivity index (χ2n) is 2.81. The van der Waals surface area contributed by atoms with Gasteiger partial charge in [-0.15, -0.1) is 0 Å². The molecular formula is C9H9F4NO. The Labute approximate surface area is 83.6 Å². The van der Waals surface area contributed by atoms with Crippen molar-refractivity contribution >= 4 is 0 Å². The molecule has 0 bridgehead atoms. The van der Waals surface area contributed by atoms with Crippen LogP contribution in [0.4, 0.5) is 17.6 Å². The Kier molecular flexibility index (Phi) is 3.90. The van der Waals surface area contributed by atoms with Crippen LogP contribution in [-0.4, -0.2) is 13.0 Å². The molecule has 0 heterocycles. The average Bonchev–Trinajstić information content (AvgIpc) is 2.17. The van der Waals surface area contributed by atoms with E-state index in [4.69, 9.17) is 5.73 Å². The van der Waals surface area contributed by atoms with E-state index >= 15 is 0 Å². The summed E-state index contributed by atoms with van der Waals surface area (Å²) < 4.78 is 51.8. The Balaban J connectivity index is 2.72. The van der Waals surface area contributed by atoms with Crippen molar-refractivity contribution in [3.8, 4) is 5.75 Å². The van der Waals surface area contributed by atoms with Crippen LogP contribution in [0.15, 0.2) is 24.3 Å². The standard InChI is InChI=1S/C9H9F4NO/c10-8(11)7(14)5-1-3-6(4-2-5)15-9(12)13/h1-4,7-9H,14H2/t7-/m0/s1. The molecule has 0 saturated heterocycles. The molecule has 6 heteroatoms. The lowest BCUT2D eigenvalue weighted by Crippen LogP contribution is -2.18. The molecule has 0 aromatic heterocycles. The van der Waals surface area contributed by atoms with Crippen LogP contribution in [-0.2, 0) is 0 Å². The highest BCUT2D eigenvalue weighted by Gasteiger charge is 2.17. The van der Waals surface area contributed by atoms with Crippen LogP contribution < -0.4 is 10.5 Å². The molecule has 1 rings (SSSR count). The number of rotatable bonds is 4. The molecule has 84 valence electrons. The van der Waals surface area contributed by atoms with Crippen LogP contribution in [0.2, 0.25) is 0 Å². The van der Waals surface area contributed by atoms with E-state index in [1.807, 2.05) is 0 Å². The second kappa shape index (κ2) is 4.97. The van der Waals surface area contributed by atoms with E-state index in [9.17, 15) is 17.6 Å². The summed E-state index contributed by atoms with van der Waals surface area (Å²) in [6, 6.07) is 3.39. The van der Waals surface area contributed by atoms with Crippen molar-refractivity contribution < 1.29 is 22.3 Å². The highest BCUT2D eigenvalue weighted by atomic mass is 19.3. The summed E-state index contributed by atoms with van der Waals surface area (Å²) >= 11 is 0. The Morgan fingerprint density at radius 2 is 1.53 bits per heavy atom. The van der Waals surface area contributed by atoms with Gasteiger partial charge in [0.25, 0.3) is 6.43 Å². The molecule has 0 aliphatic heterocycles. The summed E-state index contributed by atoms with van der Waals surface area (Å²) in [4.78, 5) is 0. The molecule has 0 radical (unpaired) electrons. The second-order valence-corrected chi connectivity index (χ2v) is 2.81. The maximum absolute atomic E-state index is 12.1. The molecule has 2 N–H and O–H groups in total. The van der Waals surface area contributed by atoms with Crippen LogP contribution in [0.3, 0.4) is 0 Å². The van der Waals surface area contributed by atoms with E-state index in [1.165, 1.54) is 24.3 Å². The van der Waals surface area contributed by atoms with Gasteiger partial charge in [-0.3, -0.25) is 0 Å². The van der Waals surface area contributed by atoms with E-state index in [0.29, 0.717) is 0 Å². The minimum atomic E-state index is -2.93. The summed E-state index contributed by atoms with van der Waals surface area (Å²) in [5.41, 5.74) is 5.32. The Hall–Kier alpha value is -1.30. The molecule has 1 atom stereocenters. The normalized spacial score (nSPS) is 13.3. The molecule has 0 aliphatic rings. The molecule has 0 unspecified atom stereocenters. The fourth-order valence-corrected chi connectivity index (χ4v) is 1.02. The number of ether oxygens (including phenoxy) is 1. The first-order valence-electron chi connectivity index (χ1n) is 4.09. The van der Waals surface area contributed by atoms with Crippen LogP contribution in [0.1, 0.15) is 11.6 Å². The molecule has 1 aromatic carbocycles. The zero-order chi connectivity index (χ0) is 11.4. The van der Waals surface area contributed by atoms with Gasteiger partial charge in [-0.2, -0.15) is 8.78 Å². The molecule has 15 heavy (non-hydrogen) atoms. The zero-order valence-electron chi connectivity index (χ0n) is 7.54. The van der Waals surface area contributed by atoms with Crippen molar-refractivity contribution in [2.75, 3.05) is 0 Å². The number of halogens is 4. The molecule has 1 aromatic rings. The lowest BCUT2D eigenvalue weighted by atomic mass is 10.1. The minimum Gasteiger partial charge on any atom is -0.435 e. The summed E-state index contributed by atoms with van der Waals surface area (Å²) in [5, 5.41) is 0. The summed E-state index contributed by atoms with van der Waals surface area (Å²) in [6.07, 6.45) is -2.69. The fraction of sp³-hybridized carbons (Fsp3) is 0.333. The first kappa shape index (κ1) is 11.8. The lowest BCUT2D eigenvalue weighted by Gasteiger charge is -2.11. The SMILES string of the molecule is N[C@@H](c1ccc(OC(F)F)cc1)C(F)F. The predicted molar refractivity (Wildman–Crippen MR) is 46.0 cm³/mol. The molecule has 0 saturated carbocycles. The van der Waals surface area contributed by atoms with Gasteiger partial charge in [0.1, 0.15) is 5.75 Å². The van der Waals surface area contributed by atoms with Gasteiger partial charge in [0, 0.05) is 0 Å². The van der Waals surface area contributed by atoms with E-state index in [-0.39, 0.29) is 11.3 Å². The molecule has 0 amide bonds. The van der Waals surface area contributed by atoms with E-state index < -0.39 is 19.1 Å². The monoisotopic (exact) mass is 223 g/mol. The van der Waals surface area contributed by atoms with Crippen LogP contribution >= 0.6 is 0 Å². The molecule has 0 aliphatic carbocycles. The Morgan fingerprint density at radius 3 is 1.93 bits per heavy atom. The summed E-state index contributed by atoms with van der Waals surface area (Å²) in [7, 11) is 0.